The van der Waals surface area contributed by atoms with E-state index in [-0.39, 0.29) is 11.0 Å². The van der Waals surface area contributed by atoms with E-state index in [0.717, 1.165) is 21.8 Å². The summed E-state index contributed by atoms with van der Waals surface area (Å²) in [5.74, 6) is -1.30. The van der Waals surface area contributed by atoms with Gasteiger partial charge in [-0.15, -0.1) is 0 Å². The van der Waals surface area contributed by atoms with E-state index in [4.69, 9.17) is 5.11 Å². The highest BCUT2D eigenvalue weighted by Crippen LogP contribution is 2.33. The van der Waals surface area contributed by atoms with Crippen molar-refractivity contribution in [3.63, 3.8) is 0 Å². The molecule has 2 aromatic carbocycles. The minimum Gasteiger partial charge on any atom is -0.477 e. The molecule has 0 bridgehead atoms. The number of fused-ring (bicyclic) bond motifs is 1. The first-order chi connectivity index (χ1) is 13.4. The van der Waals surface area contributed by atoms with Crippen LogP contribution in [-0.2, 0) is 5.41 Å². The molecule has 4 aromatic rings. The van der Waals surface area contributed by atoms with Gasteiger partial charge in [0.2, 0.25) is 0 Å². The van der Waals surface area contributed by atoms with Crippen LogP contribution in [0.25, 0.3) is 16.8 Å². The van der Waals surface area contributed by atoms with E-state index in [1.807, 2.05) is 30.3 Å². The van der Waals surface area contributed by atoms with E-state index in [1.54, 1.807) is 6.20 Å². The van der Waals surface area contributed by atoms with E-state index in [0.29, 0.717) is 5.65 Å². The van der Waals surface area contributed by atoms with Crippen LogP contribution in [0.15, 0.2) is 71.8 Å². The molecule has 2 aromatic heterocycles. The summed E-state index contributed by atoms with van der Waals surface area (Å²) >= 11 is 0. The van der Waals surface area contributed by atoms with E-state index >= 15 is 0 Å². The summed E-state index contributed by atoms with van der Waals surface area (Å²) in [6.45, 7) is 4.36. The predicted octanol–water partition coefficient (Wildman–Crippen LogP) is 3.71. The van der Waals surface area contributed by atoms with Crippen LogP contribution in [0.4, 0.5) is 0 Å². The van der Waals surface area contributed by atoms with Gasteiger partial charge in [-0.3, -0.25) is 9.89 Å². The quantitative estimate of drug-likeness (QED) is 0.571. The third-order valence-corrected chi connectivity index (χ3v) is 5.18. The molecule has 0 aliphatic carbocycles. The molecule has 0 atom stereocenters. The molecule has 0 unspecified atom stereocenters. The first kappa shape index (κ1) is 17.7. The van der Waals surface area contributed by atoms with Gasteiger partial charge >= 0.3 is 5.97 Å². The lowest BCUT2D eigenvalue weighted by atomic mass is 9.78. The molecular formula is C22H19N3O3. The summed E-state index contributed by atoms with van der Waals surface area (Å²) < 4.78 is 1.15. The molecule has 140 valence electrons. The van der Waals surface area contributed by atoms with Crippen molar-refractivity contribution in [2.24, 2.45) is 0 Å². The van der Waals surface area contributed by atoms with E-state index in [2.05, 4.69) is 48.2 Å². The maximum atomic E-state index is 12.3. The molecule has 2 heterocycles. The lowest BCUT2D eigenvalue weighted by Crippen LogP contribution is -2.22. The second-order valence-electron chi connectivity index (χ2n) is 7.20. The Kier molecular flexibility index (Phi) is 4.11. The van der Waals surface area contributed by atoms with Gasteiger partial charge in [-0.25, -0.2) is 14.3 Å². The van der Waals surface area contributed by atoms with Crippen LogP contribution in [-0.4, -0.2) is 25.7 Å². The normalized spacial score (nSPS) is 11.6. The zero-order chi connectivity index (χ0) is 19.9. The van der Waals surface area contributed by atoms with Crippen molar-refractivity contribution in [2.75, 3.05) is 0 Å². The highest BCUT2D eigenvalue weighted by Gasteiger charge is 2.23. The van der Waals surface area contributed by atoms with Crippen molar-refractivity contribution in [1.29, 1.82) is 0 Å². The Morgan fingerprint density at radius 3 is 2.32 bits per heavy atom. The molecule has 4 rings (SSSR count). The van der Waals surface area contributed by atoms with Gasteiger partial charge in [0.15, 0.2) is 5.65 Å². The van der Waals surface area contributed by atoms with Gasteiger partial charge in [-0.05, 0) is 16.7 Å². The van der Waals surface area contributed by atoms with Crippen LogP contribution >= 0.6 is 0 Å². The minimum atomic E-state index is -1.30. The van der Waals surface area contributed by atoms with Gasteiger partial charge < -0.3 is 5.11 Å². The number of hydrogen-bond acceptors (Lipinski definition) is 3. The Labute approximate surface area is 161 Å². The maximum absolute atomic E-state index is 12.3. The zero-order valence-corrected chi connectivity index (χ0v) is 15.5. The Hall–Kier alpha value is -3.67. The Morgan fingerprint density at radius 1 is 1.04 bits per heavy atom. The van der Waals surface area contributed by atoms with Crippen LogP contribution in [0.2, 0.25) is 0 Å². The van der Waals surface area contributed by atoms with Crippen molar-refractivity contribution < 1.29 is 9.90 Å². The number of aromatic amines is 1. The number of benzene rings is 2. The molecule has 0 saturated carbocycles. The summed E-state index contributed by atoms with van der Waals surface area (Å²) in [6, 6.07) is 18.4. The monoisotopic (exact) mass is 373 g/mol. The number of rotatable bonds is 4. The molecule has 0 fully saturated rings. The molecular weight excluding hydrogens is 354 g/mol. The zero-order valence-electron chi connectivity index (χ0n) is 15.5. The van der Waals surface area contributed by atoms with Crippen molar-refractivity contribution in [3.05, 3.63) is 94.0 Å². The number of carbonyl (C=O) groups is 1. The second kappa shape index (κ2) is 6.49. The molecule has 28 heavy (non-hydrogen) atoms. The van der Waals surface area contributed by atoms with Crippen molar-refractivity contribution in [3.8, 4) is 11.1 Å². The minimum absolute atomic E-state index is 0.147. The highest BCUT2D eigenvalue weighted by molar-refractivity contribution is 5.87. The van der Waals surface area contributed by atoms with Crippen LogP contribution in [0.3, 0.4) is 0 Å². The maximum Gasteiger partial charge on any atom is 0.343 e. The number of aromatic nitrogens is 3. The number of nitrogens with one attached hydrogen (secondary N) is 1. The smallest absolute Gasteiger partial charge is 0.343 e. The van der Waals surface area contributed by atoms with Crippen LogP contribution in [0.1, 0.15) is 35.3 Å². The predicted molar refractivity (Wildman–Crippen MR) is 107 cm³/mol. The fraction of sp³-hybridized carbons (Fsp3) is 0.136. The Morgan fingerprint density at radius 2 is 1.68 bits per heavy atom. The lowest BCUT2D eigenvalue weighted by molar-refractivity contribution is 0.0694. The molecule has 0 radical (unpaired) electrons. The van der Waals surface area contributed by atoms with Crippen molar-refractivity contribution in [2.45, 2.75) is 19.3 Å². The largest absolute Gasteiger partial charge is 0.477 e. The van der Waals surface area contributed by atoms with E-state index < -0.39 is 11.5 Å². The summed E-state index contributed by atoms with van der Waals surface area (Å²) in [7, 11) is 0. The van der Waals surface area contributed by atoms with Gasteiger partial charge in [0.1, 0.15) is 5.56 Å². The van der Waals surface area contributed by atoms with Crippen LogP contribution in [0, 0.1) is 0 Å². The number of nitrogens with zero attached hydrogens (tertiary/aromatic N) is 2. The summed E-state index contributed by atoms with van der Waals surface area (Å²) in [6.07, 6.45) is 2.76. The number of carboxylic acid groups (broad SMARTS) is 1. The first-order valence-electron chi connectivity index (χ1n) is 8.88. The third-order valence-electron chi connectivity index (χ3n) is 5.18. The Bertz CT molecular complexity index is 1220. The number of carboxylic acids is 1. The summed E-state index contributed by atoms with van der Waals surface area (Å²) in [4.78, 5) is 27.6. The molecule has 0 spiro atoms. The van der Waals surface area contributed by atoms with Gasteiger partial charge in [0.25, 0.3) is 5.56 Å². The van der Waals surface area contributed by atoms with Crippen LogP contribution < -0.4 is 5.56 Å². The number of hydrogen-bond donors (Lipinski definition) is 2. The average Bonchev–Trinajstić information content (AvgIpc) is 3.14. The lowest BCUT2D eigenvalue weighted by Gasteiger charge is -2.26. The molecule has 0 aliphatic rings. The second-order valence-corrected chi connectivity index (χ2v) is 7.20. The van der Waals surface area contributed by atoms with Gasteiger partial charge in [0.05, 0.1) is 0 Å². The number of aromatic carboxylic acids is 1. The third kappa shape index (κ3) is 2.79. The fourth-order valence-corrected chi connectivity index (χ4v) is 3.41. The fourth-order valence-electron chi connectivity index (χ4n) is 3.41. The average molecular weight is 373 g/mol. The van der Waals surface area contributed by atoms with Gasteiger partial charge in [-0.1, -0.05) is 68.4 Å². The molecule has 0 aliphatic heterocycles. The summed E-state index contributed by atoms with van der Waals surface area (Å²) in [5.41, 5.74) is 3.26. The molecule has 0 saturated heterocycles. The van der Waals surface area contributed by atoms with Gasteiger partial charge in [-0.2, -0.15) is 0 Å². The van der Waals surface area contributed by atoms with Crippen LogP contribution in [0.5, 0.6) is 0 Å². The molecule has 6 nitrogen and oxygen atoms in total. The van der Waals surface area contributed by atoms with E-state index in [1.165, 1.54) is 11.1 Å². The topological polar surface area (TPSA) is 87.5 Å². The first-order valence-corrected chi connectivity index (χ1v) is 8.88. The number of H-pyrrole nitrogens is 1. The Balaban J connectivity index is 1.75. The van der Waals surface area contributed by atoms with Gasteiger partial charge in [0, 0.05) is 23.4 Å². The molecule has 6 heteroatoms. The highest BCUT2D eigenvalue weighted by atomic mass is 16.4. The van der Waals surface area contributed by atoms with E-state index in [9.17, 15) is 9.59 Å². The standard InChI is InChI=1S/C22H19N3O3/c1-22(2,15-6-4-3-5-7-15)16-10-8-14(9-11-16)17-13-24-25-19(17)23-12-18(20(25)26)21(27)28/h3-13,24H,1-2H3,(H,27,28). The summed E-state index contributed by atoms with van der Waals surface area (Å²) in [5, 5.41) is 11.9. The van der Waals surface area contributed by atoms with Crippen molar-refractivity contribution in [1.82, 2.24) is 14.6 Å². The SMILES string of the molecule is CC(C)(c1ccccc1)c1ccc(-c2c[nH]n3c(=O)c(C(=O)O)cnc23)cc1. The molecule has 2 N–H and O–H groups in total. The van der Waals surface area contributed by atoms with Crippen molar-refractivity contribution >= 4 is 11.6 Å². The molecule has 0 amide bonds.